The van der Waals surface area contributed by atoms with Crippen LogP contribution in [0.4, 0.5) is 0 Å². The van der Waals surface area contributed by atoms with Gasteiger partial charge in [-0.05, 0) is 48.1 Å². The maximum absolute atomic E-state index is 6.36. The van der Waals surface area contributed by atoms with Crippen molar-refractivity contribution in [1.29, 1.82) is 0 Å². The third-order valence-corrected chi connectivity index (χ3v) is 7.10. The van der Waals surface area contributed by atoms with Crippen molar-refractivity contribution < 1.29 is 4.74 Å². The summed E-state index contributed by atoms with van der Waals surface area (Å²) in [7, 11) is 0. The number of fused-ring (bicyclic) bond motifs is 6. The molecule has 1 aliphatic heterocycles. The Bertz CT molecular complexity index is 1210. The van der Waals surface area contributed by atoms with Crippen LogP contribution in [-0.2, 0) is 19.6 Å². The van der Waals surface area contributed by atoms with Crippen LogP contribution in [0.25, 0.3) is 10.9 Å². The van der Waals surface area contributed by atoms with Gasteiger partial charge in [-0.1, -0.05) is 66.7 Å². The Kier molecular flexibility index (Phi) is 4.57. The molecule has 31 heavy (non-hydrogen) atoms. The van der Waals surface area contributed by atoms with Crippen LogP contribution >= 0.6 is 0 Å². The number of likely N-dealkylation sites (tertiary alicyclic amines) is 1. The van der Waals surface area contributed by atoms with Crippen LogP contribution in [0.2, 0.25) is 0 Å². The second-order valence-corrected chi connectivity index (χ2v) is 9.13. The molecule has 2 atom stereocenters. The van der Waals surface area contributed by atoms with E-state index in [1.54, 1.807) is 0 Å². The number of nitrogens with one attached hydrogen (secondary N) is 1. The highest BCUT2D eigenvalue weighted by Crippen LogP contribution is 2.46. The third kappa shape index (κ3) is 3.34. The van der Waals surface area contributed by atoms with Gasteiger partial charge in [0.1, 0.15) is 12.4 Å². The Morgan fingerprint density at radius 3 is 2.45 bits per heavy atom. The molecule has 4 aromatic rings. The molecule has 3 aromatic carbocycles. The Morgan fingerprint density at radius 1 is 0.935 bits per heavy atom. The molecule has 1 aliphatic carbocycles. The second-order valence-electron chi connectivity index (χ2n) is 9.13. The lowest BCUT2D eigenvalue weighted by Crippen LogP contribution is -2.30. The minimum Gasteiger partial charge on any atom is -0.488 e. The average molecular weight is 409 g/mol. The Labute approximate surface area is 183 Å². The molecule has 0 spiro atoms. The Morgan fingerprint density at radius 2 is 1.68 bits per heavy atom. The first-order chi connectivity index (χ1) is 15.3. The fourth-order valence-corrected chi connectivity index (χ4v) is 5.56. The van der Waals surface area contributed by atoms with E-state index in [1.165, 1.54) is 45.3 Å². The molecule has 3 heteroatoms. The topological polar surface area (TPSA) is 28.3 Å². The molecule has 1 aromatic heterocycles. The molecule has 156 valence electrons. The minimum absolute atomic E-state index is 0.589. The van der Waals surface area contributed by atoms with Crippen LogP contribution in [0.1, 0.15) is 40.3 Å². The molecule has 1 N–H and O–H groups in total. The molecular formula is C28H28N2O. The summed E-state index contributed by atoms with van der Waals surface area (Å²) < 4.78 is 6.36. The Balaban J connectivity index is 1.32. The number of ether oxygens (including phenoxy) is 1. The lowest BCUT2D eigenvalue weighted by Gasteiger charge is -2.25. The van der Waals surface area contributed by atoms with Crippen molar-refractivity contribution in [2.75, 3.05) is 6.54 Å². The number of aryl methyl sites for hydroxylation is 1. The fourth-order valence-electron chi connectivity index (χ4n) is 5.56. The van der Waals surface area contributed by atoms with Crippen molar-refractivity contribution >= 4 is 10.9 Å². The molecule has 1 fully saturated rings. The van der Waals surface area contributed by atoms with Crippen LogP contribution in [-0.4, -0.2) is 22.5 Å². The van der Waals surface area contributed by atoms with Gasteiger partial charge in [0.2, 0.25) is 0 Å². The summed E-state index contributed by atoms with van der Waals surface area (Å²) in [6.07, 6.45) is 2.36. The summed E-state index contributed by atoms with van der Waals surface area (Å²) in [6, 6.07) is 26.3. The molecule has 2 unspecified atom stereocenters. The largest absolute Gasteiger partial charge is 0.488 e. The number of benzene rings is 3. The maximum Gasteiger partial charge on any atom is 0.129 e. The van der Waals surface area contributed by atoms with E-state index in [0.717, 1.165) is 25.3 Å². The highest BCUT2D eigenvalue weighted by Gasteiger charge is 2.40. The molecule has 3 nitrogen and oxygen atoms in total. The van der Waals surface area contributed by atoms with E-state index < -0.39 is 0 Å². The van der Waals surface area contributed by atoms with Crippen molar-refractivity contribution in [3.05, 3.63) is 101 Å². The van der Waals surface area contributed by atoms with Gasteiger partial charge in [-0.2, -0.15) is 0 Å². The first-order valence-electron chi connectivity index (χ1n) is 11.3. The van der Waals surface area contributed by atoms with E-state index in [4.69, 9.17) is 4.74 Å². The van der Waals surface area contributed by atoms with E-state index in [2.05, 4.69) is 83.5 Å². The lowest BCUT2D eigenvalue weighted by atomic mass is 9.87. The van der Waals surface area contributed by atoms with Gasteiger partial charge in [0.25, 0.3) is 0 Å². The summed E-state index contributed by atoms with van der Waals surface area (Å²) >= 11 is 0. The van der Waals surface area contributed by atoms with Gasteiger partial charge >= 0.3 is 0 Å². The van der Waals surface area contributed by atoms with Crippen molar-refractivity contribution in [3.8, 4) is 5.75 Å². The summed E-state index contributed by atoms with van der Waals surface area (Å²) in [5.74, 6) is 1.60. The van der Waals surface area contributed by atoms with E-state index in [1.807, 2.05) is 6.07 Å². The number of aromatic amines is 1. The maximum atomic E-state index is 6.36. The Hall–Kier alpha value is -3.04. The zero-order valence-corrected chi connectivity index (χ0v) is 18.0. The highest BCUT2D eigenvalue weighted by atomic mass is 16.5. The van der Waals surface area contributed by atoms with Crippen LogP contribution in [0.15, 0.2) is 72.8 Å². The van der Waals surface area contributed by atoms with Gasteiger partial charge in [-0.15, -0.1) is 0 Å². The standard InChI is InChI=1S/C28H28N2O/c1-19-12-13-25(31-18-21-10-6-3-7-11-21)26-24-15-23-14-22(28(24)29-27(19)26)17-30(23)16-20-8-4-2-5-9-20/h2-13,22-23,29H,14-18H2,1H3. The normalized spacial score (nSPS) is 20.2. The molecule has 6 rings (SSSR count). The highest BCUT2D eigenvalue weighted by molar-refractivity contribution is 5.93. The van der Waals surface area contributed by atoms with Gasteiger partial charge in [-0.3, -0.25) is 4.90 Å². The van der Waals surface area contributed by atoms with Crippen molar-refractivity contribution in [1.82, 2.24) is 9.88 Å². The van der Waals surface area contributed by atoms with E-state index in [-0.39, 0.29) is 0 Å². The lowest BCUT2D eigenvalue weighted by molar-refractivity contribution is 0.246. The van der Waals surface area contributed by atoms with Gasteiger partial charge in [0.05, 0.1) is 5.52 Å². The van der Waals surface area contributed by atoms with Crippen molar-refractivity contribution in [2.24, 2.45) is 0 Å². The van der Waals surface area contributed by atoms with E-state index >= 15 is 0 Å². The molecule has 1 saturated heterocycles. The van der Waals surface area contributed by atoms with Crippen molar-refractivity contribution in [2.45, 2.75) is 44.9 Å². The summed E-state index contributed by atoms with van der Waals surface area (Å²) in [5, 5.41) is 1.31. The van der Waals surface area contributed by atoms with Crippen LogP contribution in [0, 0.1) is 6.92 Å². The summed E-state index contributed by atoms with van der Waals surface area (Å²) in [6.45, 7) is 4.98. The average Bonchev–Trinajstić information content (AvgIpc) is 3.35. The molecule has 0 radical (unpaired) electrons. The summed E-state index contributed by atoms with van der Waals surface area (Å²) in [5.41, 5.74) is 8.10. The fraction of sp³-hybridized carbons (Fsp3) is 0.286. The summed E-state index contributed by atoms with van der Waals surface area (Å²) in [4.78, 5) is 6.51. The third-order valence-electron chi connectivity index (χ3n) is 7.10. The van der Waals surface area contributed by atoms with Gasteiger partial charge in [0.15, 0.2) is 0 Å². The molecule has 2 aliphatic rings. The molecule has 0 amide bonds. The predicted molar refractivity (Wildman–Crippen MR) is 126 cm³/mol. The van der Waals surface area contributed by atoms with E-state index in [0.29, 0.717) is 18.6 Å². The minimum atomic E-state index is 0.589. The second kappa shape index (κ2) is 7.58. The number of hydrogen-bond acceptors (Lipinski definition) is 2. The van der Waals surface area contributed by atoms with Crippen LogP contribution in [0.5, 0.6) is 5.75 Å². The van der Waals surface area contributed by atoms with Gasteiger partial charge in [0, 0.05) is 36.1 Å². The smallest absolute Gasteiger partial charge is 0.129 e. The van der Waals surface area contributed by atoms with Gasteiger partial charge < -0.3 is 9.72 Å². The predicted octanol–water partition coefficient (Wildman–Crippen LogP) is 5.97. The molecular weight excluding hydrogens is 380 g/mol. The monoisotopic (exact) mass is 408 g/mol. The number of nitrogens with zero attached hydrogens (tertiary/aromatic N) is 1. The van der Waals surface area contributed by atoms with Crippen molar-refractivity contribution in [3.63, 3.8) is 0 Å². The number of aromatic nitrogens is 1. The quantitative estimate of drug-likeness (QED) is 0.441. The van der Waals surface area contributed by atoms with Crippen LogP contribution < -0.4 is 4.74 Å². The van der Waals surface area contributed by atoms with Gasteiger partial charge in [-0.25, -0.2) is 0 Å². The molecule has 0 saturated carbocycles. The zero-order valence-electron chi connectivity index (χ0n) is 18.0. The van der Waals surface area contributed by atoms with Crippen LogP contribution in [0.3, 0.4) is 0 Å². The first-order valence-corrected chi connectivity index (χ1v) is 11.3. The zero-order chi connectivity index (χ0) is 20.8. The first kappa shape index (κ1) is 18.7. The molecule has 2 bridgehead atoms. The molecule has 2 heterocycles. The number of hydrogen-bond donors (Lipinski definition) is 1. The van der Waals surface area contributed by atoms with E-state index in [9.17, 15) is 0 Å². The SMILES string of the molecule is Cc1ccc(OCc2ccccc2)c2c3c([nH]c12)C1CC(C3)N(Cc2ccccc2)C1. The number of H-pyrrole nitrogens is 1. The number of rotatable bonds is 5.